The number of nitrogens with one attached hydrogen (secondary N) is 2. The van der Waals surface area contributed by atoms with Crippen LogP contribution in [0.15, 0.2) is 12.5 Å². The quantitative estimate of drug-likeness (QED) is 0.770. The van der Waals surface area contributed by atoms with Crippen molar-refractivity contribution in [2.45, 2.75) is 31.7 Å². The average molecular weight is 294 g/mol. The number of carbonyl (C=O) groups is 2. The molecule has 114 valence electrons. The highest BCUT2D eigenvalue weighted by Gasteiger charge is 2.26. The van der Waals surface area contributed by atoms with E-state index in [1.54, 1.807) is 0 Å². The molecule has 0 bridgehead atoms. The fourth-order valence-corrected chi connectivity index (χ4v) is 2.37. The number of carbonyl (C=O) groups excluding carboxylic acids is 1. The Morgan fingerprint density at radius 3 is 2.67 bits per heavy atom. The number of carboxylic acid groups (broad SMARTS) is 1. The molecule has 1 aliphatic carbocycles. The first kappa shape index (κ1) is 15.0. The van der Waals surface area contributed by atoms with Crippen LogP contribution in [0.25, 0.3) is 0 Å². The van der Waals surface area contributed by atoms with Gasteiger partial charge in [-0.25, -0.2) is 14.8 Å². The third-order valence-corrected chi connectivity index (χ3v) is 3.54. The third-order valence-electron chi connectivity index (χ3n) is 3.54. The summed E-state index contributed by atoms with van der Waals surface area (Å²) in [5.41, 5.74) is 0. The Bertz CT molecular complexity index is 515. The Labute approximate surface area is 121 Å². The van der Waals surface area contributed by atoms with Crippen LogP contribution in [-0.4, -0.2) is 40.2 Å². The van der Waals surface area contributed by atoms with Crippen LogP contribution >= 0.6 is 0 Å². The lowest BCUT2D eigenvalue weighted by Crippen LogP contribution is -2.41. The largest absolute Gasteiger partial charge is 0.491 e. The van der Waals surface area contributed by atoms with Gasteiger partial charge in [0, 0.05) is 6.04 Å². The van der Waals surface area contributed by atoms with E-state index in [1.807, 2.05) is 0 Å². The number of hydrogen-bond donors (Lipinski definition) is 3. The zero-order valence-electron chi connectivity index (χ0n) is 11.7. The Morgan fingerprint density at radius 2 is 2.05 bits per heavy atom. The van der Waals surface area contributed by atoms with Crippen molar-refractivity contribution >= 4 is 17.8 Å². The summed E-state index contributed by atoms with van der Waals surface area (Å²) in [5, 5.41) is 14.4. The van der Waals surface area contributed by atoms with Crippen LogP contribution in [0.1, 0.15) is 25.7 Å². The zero-order valence-corrected chi connectivity index (χ0v) is 11.7. The number of methoxy groups -OCH3 is 1. The van der Waals surface area contributed by atoms with Crippen LogP contribution in [0.3, 0.4) is 0 Å². The van der Waals surface area contributed by atoms with Gasteiger partial charge in [-0.3, -0.25) is 10.1 Å². The molecule has 1 aromatic heterocycles. The van der Waals surface area contributed by atoms with Gasteiger partial charge in [-0.15, -0.1) is 0 Å². The lowest BCUT2D eigenvalue weighted by molar-refractivity contribution is -0.142. The first-order chi connectivity index (χ1) is 10.1. The number of urea groups is 1. The minimum Gasteiger partial charge on any atom is -0.491 e. The molecule has 0 unspecified atom stereocenters. The van der Waals surface area contributed by atoms with E-state index in [4.69, 9.17) is 9.84 Å². The highest BCUT2D eigenvalue weighted by molar-refractivity contribution is 5.89. The first-order valence-corrected chi connectivity index (χ1v) is 6.74. The van der Waals surface area contributed by atoms with Gasteiger partial charge in [-0.05, 0) is 25.7 Å². The number of ether oxygens (including phenoxy) is 1. The molecule has 2 amide bonds. The summed E-state index contributed by atoms with van der Waals surface area (Å²) in [7, 11) is 1.47. The number of amides is 2. The molecule has 1 aromatic rings. The fourth-order valence-electron chi connectivity index (χ4n) is 2.37. The van der Waals surface area contributed by atoms with E-state index < -0.39 is 5.97 Å². The van der Waals surface area contributed by atoms with Crippen molar-refractivity contribution in [2.24, 2.45) is 5.92 Å². The summed E-state index contributed by atoms with van der Waals surface area (Å²) < 4.78 is 5.04. The summed E-state index contributed by atoms with van der Waals surface area (Å²) in [6.07, 6.45) is 5.25. The maximum Gasteiger partial charge on any atom is 0.320 e. The molecular formula is C13H18N4O4. The number of nitrogens with zero attached hydrogens (tertiary/aromatic N) is 2. The minimum absolute atomic E-state index is 0.0200. The van der Waals surface area contributed by atoms with E-state index in [9.17, 15) is 9.59 Å². The van der Waals surface area contributed by atoms with Crippen molar-refractivity contribution in [1.82, 2.24) is 15.3 Å². The van der Waals surface area contributed by atoms with Crippen LogP contribution in [0.2, 0.25) is 0 Å². The molecule has 0 radical (unpaired) electrons. The molecular weight excluding hydrogens is 276 g/mol. The molecule has 21 heavy (non-hydrogen) atoms. The smallest absolute Gasteiger partial charge is 0.320 e. The number of carboxylic acids is 1. The molecule has 2 rings (SSSR count). The van der Waals surface area contributed by atoms with Crippen molar-refractivity contribution in [3.8, 4) is 5.75 Å². The van der Waals surface area contributed by atoms with Crippen molar-refractivity contribution in [3.05, 3.63) is 12.5 Å². The van der Waals surface area contributed by atoms with Crippen LogP contribution in [-0.2, 0) is 4.79 Å². The molecule has 0 saturated heterocycles. The highest BCUT2D eigenvalue weighted by Crippen LogP contribution is 2.24. The molecule has 0 atom stereocenters. The van der Waals surface area contributed by atoms with Crippen molar-refractivity contribution in [1.29, 1.82) is 0 Å². The Hall–Kier alpha value is -2.38. The molecule has 3 N–H and O–H groups in total. The second-order valence-corrected chi connectivity index (χ2v) is 4.92. The first-order valence-electron chi connectivity index (χ1n) is 6.74. The Kier molecular flexibility index (Phi) is 4.91. The highest BCUT2D eigenvalue weighted by atomic mass is 16.5. The summed E-state index contributed by atoms with van der Waals surface area (Å²) >= 11 is 0. The van der Waals surface area contributed by atoms with Gasteiger partial charge >= 0.3 is 12.0 Å². The second-order valence-electron chi connectivity index (χ2n) is 4.92. The molecule has 1 heterocycles. The van der Waals surface area contributed by atoms with E-state index in [0.29, 0.717) is 37.3 Å². The van der Waals surface area contributed by atoms with Gasteiger partial charge in [-0.1, -0.05) is 0 Å². The second kappa shape index (κ2) is 6.87. The van der Waals surface area contributed by atoms with E-state index in [1.165, 1.54) is 19.6 Å². The molecule has 1 aliphatic rings. The van der Waals surface area contributed by atoms with E-state index in [-0.39, 0.29) is 18.0 Å². The SMILES string of the molecule is COc1cncnc1NC(=O)NC1CCC(C(=O)O)CC1. The van der Waals surface area contributed by atoms with Gasteiger partial charge in [0.1, 0.15) is 6.33 Å². The van der Waals surface area contributed by atoms with Crippen LogP contribution in [0.5, 0.6) is 5.75 Å². The number of aromatic nitrogens is 2. The standard InChI is InChI=1S/C13H18N4O4/c1-21-10-6-14-7-15-11(10)17-13(20)16-9-4-2-8(3-5-9)12(18)19/h6-9H,2-5H2,1H3,(H,18,19)(H2,14,15,16,17,20). The van der Waals surface area contributed by atoms with Gasteiger partial charge in [0.2, 0.25) is 0 Å². The number of anilines is 1. The van der Waals surface area contributed by atoms with Crippen molar-refractivity contribution in [3.63, 3.8) is 0 Å². The van der Waals surface area contributed by atoms with Crippen molar-refractivity contribution < 1.29 is 19.4 Å². The lowest BCUT2D eigenvalue weighted by atomic mass is 9.86. The number of rotatable bonds is 4. The molecule has 0 spiro atoms. The number of aliphatic carboxylic acids is 1. The monoisotopic (exact) mass is 294 g/mol. The van der Waals surface area contributed by atoms with E-state index in [0.717, 1.165) is 0 Å². The number of hydrogen-bond acceptors (Lipinski definition) is 5. The van der Waals surface area contributed by atoms with E-state index in [2.05, 4.69) is 20.6 Å². The topological polar surface area (TPSA) is 113 Å². The molecule has 8 nitrogen and oxygen atoms in total. The van der Waals surface area contributed by atoms with Gasteiger partial charge in [0.05, 0.1) is 19.2 Å². The Morgan fingerprint density at radius 1 is 1.33 bits per heavy atom. The normalized spacial score (nSPS) is 21.4. The Balaban J connectivity index is 1.84. The summed E-state index contributed by atoms with van der Waals surface area (Å²) in [6.45, 7) is 0. The summed E-state index contributed by atoms with van der Waals surface area (Å²) in [4.78, 5) is 30.5. The van der Waals surface area contributed by atoms with E-state index >= 15 is 0 Å². The molecule has 8 heteroatoms. The van der Waals surface area contributed by atoms with Crippen LogP contribution in [0, 0.1) is 5.92 Å². The van der Waals surface area contributed by atoms with Gasteiger partial charge in [0.15, 0.2) is 11.6 Å². The predicted molar refractivity (Wildman–Crippen MR) is 74.1 cm³/mol. The third kappa shape index (κ3) is 4.04. The van der Waals surface area contributed by atoms with Gasteiger partial charge < -0.3 is 15.2 Å². The minimum atomic E-state index is -0.761. The van der Waals surface area contributed by atoms with Crippen molar-refractivity contribution in [2.75, 3.05) is 12.4 Å². The maximum atomic E-state index is 11.9. The fraction of sp³-hybridized carbons (Fsp3) is 0.538. The summed E-state index contributed by atoms with van der Waals surface area (Å²) in [6, 6.07) is -0.404. The van der Waals surface area contributed by atoms with Gasteiger partial charge in [0.25, 0.3) is 0 Å². The average Bonchev–Trinajstić information content (AvgIpc) is 2.48. The van der Waals surface area contributed by atoms with Gasteiger partial charge in [-0.2, -0.15) is 0 Å². The summed E-state index contributed by atoms with van der Waals surface area (Å²) in [5.74, 6) is -0.386. The predicted octanol–water partition coefficient (Wildman–Crippen LogP) is 1.25. The maximum absolute atomic E-state index is 11.9. The molecule has 1 saturated carbocycles. The van der Waals surface area contributed by atoms with Crippen LogP contribution in [0.4, 0.5) is 10.6 Å². The zero-order chi connectivity index (χ0) is 15.2. The lowest BCUT2D eigenvalue weighted by Gasteiger charge is -2.26. The molecule has 1 fully saturated rings. The molecule has 0 aliphatic heterocycles. The van der Waals surface area contributed by atoms with Crippen LogP contribution < -0.4 is 15.4 Å². The molecule has 0 aromatic carbocycles.